The Bertz CT molecular complexity index is 941. The zero-order valence-corrected chi connectivity index (χ0v) is 18.5. The summed E-state index contributed by atoms with van der Waals surface area (Å²) < 4.78 is 33.2. The number of piperidine rings is 1. The minimum Gasteiger partial charge on any atom is -0.465 e. The molecule has 0 aromatic heterocycles. The first kappa shape index (κ1) is 21.3. The Morgan fingerprint density at radius 2 is 1.90 bits per heavy atom. The van der Waals surface area contributed by atoms with Gasteiger partial charge in [-0.3, -0.25) is 9.59 Å². The Labute approximate surface area is 178 Å². The van der Waals surface area contributed by atoms with Gasteiger partial charge in [0.25, 0.3) is 0 Å². The molecular weight excluding hydrogens is 404 g/mol. The monoisotopic (exact) mass is 434 g/mol. The molecule has 3 aliphatic rings. The lowest BCUT2D eigenvalue weighted by molar-refractivity contribution is -0.148. The topological polar surface area (TPSA) is 84.0 Å². The summed E-state index contributed by atoms with van der Waals surface area (Å²) in [4.78, 5) is 27.2. The van der Waals surface area contributed by atoms with Crippen molar-refractivity contribution in [3.63, 3.8) is 0 Å². The predicted octanol–water partition coefficient (Wildman–Crippen LogP) is 2.87. The van der Waals surface area contributed by atoms with Gasteiger partial charge in [0.1, 0.15) is 6.04 Å². The number of ether oxygens (including phenoxy) is 1. The molecule has 164 valence electrons. The number of rotatable bonds is 5. The van der Waals surface area contributed by atoms with Crippen LogP contribution in [-0.2, 0) is 30.8 Å². The molecule has 2 aliphatic heterocycles. The van der Waals surface area contributed by atoms with Gasteiger partial charge in [-0.05, 0) is 76.1 Å². The van der Waals surface area contributed by atoms with Crippen LogP contribution in [0, 0.1) is 5.92 Å². The van der Waals surface area contributed by atoms with E-state index in [1.807, 2.05) is 11.8 Å². The number of esters is 1. The summed E-state index contributed by atoms with van der Waals surface area (Å²) in [6, 6.07) is 4.27. The second kappa shape index (κ2) is 8.30. The molecule has 1 amide bonds. The van der Waals surface area contributed by atoms with E-state index in [-0.39, 0.29) is 29.4 Å². The van der Waals surface area contributed by atoms with E-state index in [2.05, 4.69) is 0 Å². The summed E-state index contributed by atoms with van der Waals surface area (Å²) in [5.41, 5.74) is 1.69. The molecule has 0 bridgehead atoms. The lowest BCUT2D eigenvalue weighted by atomic mass is 9.84. The Kier molecular flexibility index (Phi) is 5.90. The zero-order chi connectivity index (χ0) is 21.5. The molecule has 0 radical (unpaired) electrons. The predicted molar refractivity (Wildman–Crippen MR) is 113 cm³/mol. The highest BCUT2D eigenvalue weighted by atomic mass is 32.2. The van der Waals surface area contributed by atoms with Gasteiger partial charge in [0.15, 0.2) is 0 Å². The molecule has 0 spiro atoms. The molecule has 1 aromatic carbocycles. The van der Waals surface area contributed by atoms with E-state index in [0.717, 1.165) is 43.4 Å². The molecule has 7 nitrogen and oxygen atoms in total. The van der Waals surface area contributed by atoms with Gasteiger partial charge in [0.05, 0.1) is 11.5 Å². The molecule has 0 N–H and O–H groups in total. The van der Waals surface area contributed by atoms with E-state index in [4.69, 9.17) is 4.74 Å². The molecule has 8 heteroatoms. The van der Waals surface area contributed by atoms with Gasteiger partial charge >= 0.3 is 5.97 Å². The van der Waals surface area contributed by atoms with Crippen LogP contribution in [0.25, 0.3) is 0 Å². The van der Waals surface area contributed by atoms with Crippen LogP contribution in [0.5, 0.6) is 0 Å². The van der Waals surface area contributed by atoms with Gasteiger partial charge in [0, 0.05) is 24.2 Å². The molecule has 1 aromatic rings. The maximum absolute atomic E-state index is 13.4. The van der Waals surface area contributed by atoms with Crippen LogP contribution >= 0.6 is 0 Å². The minimum atomic E-state index is -3.83. The molecule has 1 saturated carbocycles. The van der Waals surface area contributed by atoms with Crippen LogP contribution in [0.3, 0.4) is 0 Å². The Balaban J connectivity index is 1.62. The van der Waals surface area contributed by atoms with Crippen LogP contribution in [0.1, 0.15) is 57.9 Å². The van der Waals surface area contributed by atoms with E-state index in [1.54, 1.807) is 25.1 Å². The van der Waals surface area contributed by atoms with Crippen molar-refractivity contribution in [2.24, 2.45) is 5.92 Å². The summed E-state index contributed by atoms with van der Waals surface area (Å²) >= 11 is 0. The number of hydrogen-bond donors (Lipinski definition) is 0. The molecular formula is C22H30N2O5S. The zero-order valence-electron chi connectivity index (χ0n) is 17.7. The van der Waals surface area contributed by atoms with Gasteiger partial charge in [-0.2, -0.15) is 4.31 Å². The first-order chi connectivity index (χ1) is 14.3. The van der Waals surface area contributed by atoms with E-state index < -0.39 is 22.0 Å². The van der Waals surface area contributed by atoms with Crippen LogP contribution in [0.15, 0.2) is 23.1 Å². The number of carbonyl (C=O) groups is 2. The van der Waals surface area contributed by atoms with Crippen molar-refractivity contribution in [2.75, 3.05) is 18.1 Å². The number of hydrogen-bond acceptors (Lipinski definition) is 5. The number of carbonyl (C=O) groups excluding carboxylic acids is 2. The number of benzene rings is 1. The fraction of sp³-hybridized carbons (Fsp3) is 0.636. The number of fused-ring (bicyclic) bond motifs is 1. The fourth-order valence-corrected chi connectivity index (χ4v) is 6.46. The summed E-state index contributed by atoms with van der Waals surface area (Å²) in [5.74, 6) is -0.227. The first-order valence-corrected chi connectivity index (χ1v) is 12.4. The standard InChI is InChI=1S/C22H30N2O5S/c1-3-29-22(26)20-9-4-5-12-23(20)30(27,28)18-10-11-19-17(14-18)13-15(2)24(19)21(25)16-7-6-8-16/h10-11,14-16,20H,3-9,12-13H2,1-2H3/t15-,20-/m0/s1. The Morgan fingerprint density at radius 1 is 1.13 bits per heavy atom. The van der Waals surface area contributed by atoms with Crippen LogP contribution < -0.4 is 4.90 Å². The number of nitrogens with zero attached hydrogens (tertiary/aromatic N) is 2. The largest absolute Gasteiger partial charge is 0.465 e. The maximum atomic E-state index is 13.4. The van der Waals surface area contributed by atoms with E-state index >= 15 is 0 Å². The van der Waals surface area contributed by atoms with Gasteiger partial charge < -0.3 is 9.64 Å². The maximum Gasteiger partial charge on any atom is 0.324 e. The highest BCUT2D eigenvalue weighted by Gasteiger charge is 2.41. The Hall–Kier alpha value is -1.93. The van der Waals surface area contributed by atoms with E-state index in [0.29, 0.717) is 19.4 Å². The SMILES string of the molecule is CCOC(=O)[C@@H]1CCCCN1S(=O)(=O)c1ccc2c(c1)C[C@H](C)N2C(=O)C1CCC1. The Morgan fingerprint density at radius 3 is 2.57 bits per heavy atom. The molecule has 2 atom stereocenters. The van der Waals surface area contributed by atoms with Crippen LogP contribution in [0.4, 0.5) is 5.69 Å². The van der Waals surface area contributed by atoms with Gasteiger partial charge in [0.2, 0.25) is 15.9 Å². The summed E-state index contributed by atoms with van der Waals surface area (Å²) in [6.45, 7) is 4.26. The van der Waals surface area contributed by atoms with Crippen molar-refractivity contribution in [1.29, 1.82) is 0 Å². The van der Waals surface area contributed by atoms with Crippen molar-refractivity contribution in [1.82, 2.24) is 4.31 Å². The number of amides is 1. The second-order valence-corrected chi connectivity index (χ2v) is 10.4. The van der Waals surface area contributed by atoms with E-state index in [9.17, 15) is 18.0 Å². The minimum absolute atomic E-state index is 0.0216. The molecule has 0 unspecified atom stereocenters. The normalized spacial score (nSPS) is 24.9. The molecule has 30 heavy (non-hydrogen) atoms. The third kappa shape index (κ3) is 3.64. The highest BCUT2D eigenvalue weighted by molar-refractivity contribution is 7.89. The van der Waals surface area contributed by atoms with Gasteiger partial charge in [-0.25, -0.2) is 8.42 Å². The molecule has 1 aliphatic carbocycles. The fourth-order valence-electron chi connectivity index (χ4n) is 4.76. The summed E-state index contributed by atoms with van der Waals surface area (Å²) in [6.07, 6.45) is 5.61. The number of sulfonamides is 1. The highest BCUT2D eigenvalue weighted by Crippen LogP contribution is 2.39. The lowest BCUT2D eigenvalue weighted by Gasteiger charge is -2.33. The third-order valence-electron chi connectivity index (χ3n) is 6.58. The molecule has 2 fully saturated rings. The lowest BCUT2D eigenvalue weighted by Crippen LogP contribution is -2.48. The second-order valence-electron chi connectivity index (χ2n) is 8.56. The third-order valence-corrected chi connectivity index (χ3v) is 8.48. The summed E-state index contributed by atoms with van der Waals surface area (Å²) in [7, 11) is -3.83. The van der Waals surface area contributed by atoms with Crippen molar-refractivity contribution in [3.05, 3.63) is 23.8 Å². The quantitative estimate of drug-likeness (QED) is 0.666. The van der Waals surface area contributed by atoms with Crippen LogP contribution in [-0.4, -0.2) is 49.8 Å². The van der Waals surface area contributed by atoms with Gasteiger partial charge in [-0.1, -0.05) is 6.42 Å². The van der Waals surface area contributed by atoms with Crippen LogP contribution in [0.2, 0.25) is 0 Å². The first-order valence-electron chi connectivity index (χ1n) is 11.0. The van der Waals surface area contributed by atoms with Gasteiger partial charge in [-0.15, -0.1) is 0 Å². The van der Waals surface area contributed by atoms with Crippen molar-refractivity contribution >= 4 is 27.6 Å². The molecule has 1 saturated heterocycles. The van der Waals surface area contributed by atoms with Crippen molar-refractivity contribution in [2.45, 2.75) is 75.8 Å². The average molecular weight is 435 g/mol. The van der Waals surface area contributed by atoms with E-state index in [1.165, 1.54) is 4.31 Å². The summed E-state index contributed by atoms with van der Waals surface area (Å²) in [5, 5.41) is 0. The number of anilines is 1. The average Bonchev–Trinajstić information content (AvgIpc) is 3.01. The molecule has 4 rings (SSSR count). The smallest absolute Gasteiger partial charge is 0.324 e. The molecule has 2 heterocycles. The van der Waals surface area contributed by atoms with Crippen molar-refractivity contribution < 1.29 is 22.7 Å². The van der Waals surface area contributed by atoms with Crippen molar-refractivity contribution in [3.8, 4) is 0 Å².